The molecule has 0 radical (unpaired) electrons. The van der Waals surface area contributed by atoms with Crippen molar-refractivity contribution in [1.82, 2.24) is 0 Å². The lowest BCUT2D eigenvalue weighted by atomic mass is 9.89. The third kappa shape index (κ3) is 2.50. The summed E-state index contributed by atoms with van der Waals surface area (Å²) in [5.74, 6) is 0.0178. The molecule has 3 N–H and O–H groups in total. The molecule has 0 aromatic heterocycles. The Balaban J connectivity index is 2.18. The molecule has 94 valence electrons. The number of nitrogens with two attached hydrogens (primary N) is 1. The minimum Gasteiger partial charge on any atom is -0.391 e. The van der Waals surface area contributed by atoms with Crippen LogP contribution in [0.25, 0.3) is 0 Å². The van der Waals surface area contributed by atoms with E-state index in [1.807, 2.05) is 0 Å². The van der Waals surface area contributed by atoms with Gasteiger partial charge in [-0.3, -0.25) is 0 Å². The first kappa shape index (κ1) is 12.5. The van der Waals surface area contributed by atoms with Crippen molar-refractivity contribution in [1.29, 1.82) is 0 Å². The lowest BCUT2D eigenvalue weighted by molar-refractivity contribution is 0.0842. The van der Waals surface area contributed by atoms with E-state index in [4.69, 9.17) is 5.73 Å². The number of benzene rings is 1. The molecule has 1 aliphatic rings. The Morgan fingerprint density at radius 3 is 2.65 bits per heavy atom. The van der Waals surface area contributed by atoms with Crippen LogP contribution in [0.1, 0.15) is 42.9 Å². The van der Waals surface area contributed by atoms with Crippen LogP contribution in [0.2, 0.25) is 0 Å². The van der Waals surface area contributed by atoms with E-state index in [2.05, 4.69) is 0 Å². The zero-order valence-electron chi connectivity index (χ0n) is 10.2. The van der Waals surface area contributed by atoms with Crippen LogP contribution >= 0.6 is 0 Å². The maximum absolute atomic E-state index is 13.4. The third-order valence-electron chi connectivity index (χ3n) is 3.92. The van der Waals surface area contributed by atoms with Crippen molar-refractivity contribution in [3.8, 4) is 0 Å². The molecule has 0 bridgehead atoms. The van der Waals surface area contributed by atoms with E-state index in [1.165, 1.54) is 6.07 Å². The summed E-state index contributed by atoms with van der Waals surface area (Å²) in [5.41, 5.74) is 7.35. The fourth-order valence-electron chi connectivity index (χ4n) is 2.76. The lowest BCUT2D eigenvalue weighted by Crippen LogP contribution is -2.32. The first-order valence-electron chi connectivity index (χ1n) is 6.30. The number of hydrogen-bond donors (Lipinski definition) is 2. The zero-order valence-corrected chi connectivity index (χ0v) is 10.2. The summed E-state index contributed by atoms with van der Waals surface area (Å²) in [6.07, 6.45) is 3.83. The van der Waals surface area contributed by atoms with Crippen molar-refractivity contribution in [2.45, 2.75) is 44.8 Å². The Hall–Kier alpha value is -0.930. The van der Waals surface area contributed by atoms with Crippen molar-refractivity contribution >= 4 is 0 Å². The summed E-state index contributed by atoms with van der Waals surface area (Å²) < 4.78 is 13.4. The zero-order chi connectivity index (χ0) is 12.4. The van der Waals surface area contributed by atoms with Crippen LogP contribution in [0.3, 0.4) is 0 Å². The summed E-state index contributed by atoms with van der Waals surface area (Å²) >= 11 is 0. The van der Waals surface area contributed by atoms with E-state index in [0.29, 0.717) is 5.56 Å². The molecule has 17 heavy (non-hydrogen) atoms. The molecule has 1 aliphatic carbocycles. The van der Waals surface area contributed by atoms with Crippen LogP contribution in [0.5, 0.6) is 0 Å². The van der Waals surface area contributed by atoms with Crippen molar-refractivity contribution in [3.63, 3.8) is 0 Å². The smallest absolute Gasteiger partial charge is 0.126 e. The third-order valence-corrected chi connectivity index (χ3v) is 3.92. The van der Waals surface area contributed by atoms with E-state index < -0.39 is 12.1 Å². The van der Waals surface area contributed by atoms with Crippen LogP contribution in [-0.2, 0) is 0 Å². The van der Waals surface area contributed by atoms with Crippen LogP contribution in [0, 0.1) is 18.7 Å². The van der Waals surface area contributed by atoms with Gasteiger partial charge in [-0.1, -0.05) is 25.0 Å². The Kier molecular flexibility index (Phi) is 3.79. The highest BCUT2D eigenvalue weighted by Crippen LogP contribution is 2.33. The van der Waals surface area contributed by atoms with Gasteiger partial charge >= 0.3 is 0 Å². The Morgan fingerprint density at radius 1 is 1.35 bits per heavy atom. The second-order valence-corrected chi connectivity index (χ2v) is 5.01. The fourth-order valence-corrected chi connectivity index (χ4v) is 2.76. The van der Waals surface area contributed by atoms with Crippen molar-refractivity contribution in [3.05, 3.63) is 35.1 Å². The Morgan fingerprint density at radius 2 is 2.00 bits per heavy atom. The molecule has 2 atom stereocenters. The predicted molar refractivity (Wildman–Crippen MR) is 66.0 cm³/mol. The van der Waals surface area contributed by atoms with Gasteiger partial charge in [-0.15, -0.1) is 0 Å². The van der Waals surface area contributed by atoms with Crippen molar-refractivity contribution in [2.75, 3.05) is 0 Å². The van der Waals surface area contributed by atoms with Crippen molar-refractivity contribution in [2.24, 2.45) is 11.7 Å². The molecular formula is C14H20FNO. The molecule has 2 nitrogen and oxygen atoms in total. The number of halogens is 1. The minimum absolute atomic E-state index is 0.253. The predicted octanol–water partition coefficient (Wildman–Crippen LogP) is 2.69. The number of aliphatic hydroxyl groups excluding tert-OH is 1. The lowest BCUT2D eigenvalue weighted by Gasteiger charge is -2.25. The van der Waals surface area contributed by atoms with Gasteiger partial charge in [-0.2, -0.15) is 0 Å². The maximum Gasteiger partial charge on any atom is 0.126 e. The molecule has 0 saturated heterocycles. The maximum atomic E-state index is 13.4. The van der Waals surface area contributed by atoms with Crippen LogP contribution in [-0.4, -0.2) is 11.2 Å². The minimum atomic E-state index is -0.557. The quantitative estimate of drug-likeness (QED) is 0.849. The number of rotatable bonds is 3. The molecule has 3 heteroatoms. The van der Waals surface area contributed by atoms with Gasteiger partial charge in [0, 0.05) is 0 Å². The van der Waals surface area contributed by atoms with Crippen LogP contribution < -0.4 is 5.73 Å². The second-order valence-electron chi connectivity index (χ2n) is 5.01. The van der Waals surface area contributed by atoms with Crippen molar-refractivity contribution < 1.29 is 9.50 Å². The van der Waals surface area contributed by atoms with Gasteiger partial charge in [0.1, 0.15) is 5.82 Å². The van der Waals surface area contributed by atoms with Gasteiger partial charge in [0.2, 0.25) is 0 Å². The monoisotopic (exact) mass is 237 g/mol. The standard InChI is InChI=1S/C14H20FNO/c1-9-11(7-4-8-12(9)15)13(16)14(17)10-5-2-3-6-10/h4,7-8,10,13-14,17H,2-3,5-6,16H2,1H3/t13-,14+/m1/s1. The number of hydrogen-bond acceptors (Lipinski definition) is 2. The summed E-state index contributed by atoms with van der Waals surface area (Å²) in [7, 11) is 0. The van der Waals surface area contributed by atoms with E-state index in [9.17, 15) is 9.50 Å². The SMILES string of the molecule is Cc1c(F)cccc1[C@@H](N)[C@@H](O)C1CCCC1. The van der Waals surface area contributed by atoms with Gasteiger partial charge in [0.25, 0.3) is 0 Å². The van der Waals surface area contributed by atoms with E-state index >= 15 is 0 Å². The molecule has 2 rings (SSSR count). The highest BCUT2D eigenvalue weighted by atomic mass is 19.1. The molecule has 1 saturated carbocycles. The average Bonchev–Trinajstić information content (AvgIpc) is 2.84. The molecule has 0 spiro atoms. The first-order valence-corrected chi connectivity index (χ1v) is 6.30. The molecule has 1 fully saturated rings. The summed E-state index contributed by atoms with van der Waals surface area (Å²) in [4.78, 5) is 0. The van der Waals surface area contributed by atoms with E-state index in [0.717, 1.165) is 31.2 Å². The fraction of sp³-hybridized carbons (Fsp3) is 0.571. The molecular weight excluding hydrogens is 217 g/mol. The Labute approximate surface area is 102 Å². The molecule has 0 amide bonds. The molecule has 1 aromatic carbocycles. The normalized spacial score (nSPS) is 20.5. The Bertz CT molecular complexity index is 388. The molecule has 0 aliphatic heterocycles. The molecule has 0 heterocycles. The molecule has 0 unspecified atom stereocenters. The summed E-state index contributed by atoms with van der Waals surface area (Å²) in [5, 5.41) is 10.2. The van der Waals surface area contributed by atoms with Gasteiger partial charge in [0.05, 0.1) is 12.1 Å². The highest BCUT2D eigenvalue weighted by Gasteiger charge is 2.29. The van der Waals surface area contributed by atoms with E-state index in [-0.39, 0.29) is 11.7 Å². The van der Waals surface area contributed by atoms with E-state index in [1.54, 1.807) is 19.1 Å². The van der Waals surface area contributed by atoms with Gasteiger partial charge in [-0.25, -0.2) is 4.39 Å². The second kappa shape index (κ2) is 5.15. The van der Waals surface area contributed by atoms with Gasteiger partial charge in [-0.05, 0) is 42.9 Å². The largest absolute Gasteiger partial charge is 0.391 e. The first-order chi connectivity index (χ1) is 8.11. The van der Waals surface area contributed by atoms with Gasteiger partial charge in [0.15, 0.2) is 0 Å². The number of aliphatic hydroxyl groups is 1. The van der Waals surface area contributed by atoms with Crippen LogP contribution in [0.15, 0.2) is 18.2 Å². The van der Waals surface area contributed by atoms with Crippen LogP contribution in [0.4, 0.5) is 4.39 Å². The summed E-state index contributed by atoms with van der Waals surface area (Å²) in [6, 6.07) is 4.40. The summed E-state index contributed by atoms with van der Waals surface area (Å²) in [6.45, 7) is 1.71. The molecule has 1 aromatic rings. The topological polar surface area (TPSA) is 46.2 Å². The van der Waals surface area contributed by atoms with Gasteiger partial charge < -0.3 is 10.8 Å². The highest BCUT2D eigenvalue weighted by molar-refractivity contribution is 5.30. The average molecular weight is 237 g/mol.